The monoisotopic (exact) mass is 266 g/mol. The van der Waals surface area contributed by atoms with Gasteiger partial charge in [-0.25, -0.2) is 4.90 Å². The molecule has 3 rings (SSSR count). The minimum absolute atomic E-state index is 0.121. The number of aromatic nitrogens is 1. The number of imide groups is 1. The average Bonchev–Trinajstić information content (AvgIpc) is 2.71. The zero-order valence-electron chi connectivity index (χ0n) is 10.7. The van der Waals surface area contributed by atoms with Crippen molar-refractivity contribution in [2.75, 3.05) is 4.90 Å². The number of anilines is 1. The van der Waals surface area contributed by atoms with Gasteiger partial charge in [-0.1, -0.05) is 12.1 Å². The van der Waals surface area contributed by atoms with Crippen molar-refractivity contribution in [2.45, 2.75) is 6.92 Å². The lowest BCUT2D eigenvalue weighted by molar-refractivity contribution is 0.0924. The molecule has 0 saturated carbocycles. The highest BCUT2D eigenvalue weighted by Gasteiger charge is 2.38. The van der Waals surface area contributed by atoms with Crippen LogP contribution < -0.4 is 4.90 Å². The van der Waals surface area contributed by atoms with Crippen LogP contribution in [0.15, 0.2) is 42.6 Å². The molecule has 20 heavy (non-hydrogen) atoms. The molecule has 0 radical (unpaired) electrons. The van der Waals surface area contributed by atoms with Crippen LogP contribution in [-0.2, 0) is 0 Å². The molecule has 1 aromatic carbocycles. The molecule has 0 spiro atoms. The third-order valence-electron chi connectivity index (χ3n) is 3.17. The molecule has 1 aliphatic heterocycles. The van der Waals surface area contributed by atoms with Crippen LogP contribution in [0, 0.1) is 0 Å². The summed E-state index contributed by atoms with van der Waals surface area (Å²) < 4.78 is 0. The Kier molecular flexibility index (Phi) is 2.68. The van der Waals surface area contributed by atoms with Gasteiger partial charge in [0.05, 0.1) is 11.3 Å². The largest absolute Gasteiger partial charge is 0.294 e. The van der Waals surface area contributed by atoms with E-state index in [1.807, 2.05) is 0 Å². The second-order valence-corrected chi connectivity index (χ2v) is 4.42. The Morgan fingerprint density at radius 1 is 1.05 bits per heavy atom. The molecule has 1 aliphatic rings. The number of hydrogen-bond donors (Lipinski definition) is 0. The number of nitrogens with zero attached hydrogens (tertiary/aromatic N) is 2. The van der Waals surface area contributed by atoms with Crippen LogP contribution in [0.2, 0.25) is 0 Å². The Bertz CT molecular complexity index is 717. The number of pyridine rings is 1. The minimum Gasteiger partial charge on any atom is -0.294 e. The number of ketones is 1. The first kappa shape index (κ1) is 12.2. The maximum Gasteiger partial charge on any atom is 0.284 e. The molecule has 2 amide bonds. The fourth-order valence-corrected chi connectivity index (χ4v) is 2.25. The summed E-state index contributed by atoms with van der Waals surface area (Å²) in [6, 6.07) is 9.70. The van der Waals surface area contributed by atoms with E-state index in [-0.39, 0.29) is 17.0 Å². The van der Waals surface area contributed by atoms with Crippen molar-refractivity contribution in [1.82, 2.24) is 4.98 Å². The third-order valence-corrected chi connectivity index (χ3v) is 3.17. The molecule has 2 heterocycles. The number of benzene rings is 1. The SMILES string of the molecule is CC(=O)c1ccccc1N1C(=O)c2cccnc2C1=O. The summed E-state index contributed by atoms with van der Waals surface area (Å²) in [5.74, 6) is -1.16. The van der Waals surface area contributed by atoms with Crippen LogP contribution in [0.3, 0.4) is 0 Å². The highest BCUT2D eigenvalue weighted by molar-refractivity contribution is 6.34. The van der Waals surface area contributed by atoms with E-state index in [2.05, 4.69) is 4.98 Å². The predicted molar refractivity (Wildman–Crippen MR) is 71.8 cm³/mol. The quantitative estimate of drug-likeness (QED) is 0.616. The van der Waals surface area contributed by atoms with Crippen molar-refractivity contribution in [3.63, 3.8) is 0 Å². The smallest absolute Gasteiger partial charge is 0.284 e. The summed E-state index contributed by atoms with van der Waals surface area (Å²) >= 11 is 0. The van der Waals surface area contributed by atoms with Gasteiger partial charge in [-0.3, -0.25) is 19.4 Å². The standard InChI is InChI=1S/C15H10N2O3/c1-9(18)10-5-2-3-7-12(10)17-14(19)11-6-4-8-16-13(11)15(17)20/h2-8H,1H3. The molecular weight excluding hydrogens is 256 g/mol. The Labute approximate surface area is 114 Å². The fourth-order valence-electron chi connectivity index (χ4n) is 2.25. The molecule has 98 valence electrons. The number of para-hydroxylation sites is 1. The predicted octanol–water partition coefficient (Wildman–Crippen LogP) is 2.08. The number of Topliss-reactive ketones (excluding diaryl/α,β-unsaturated/α-hetero) is 1. The number of fused-ring (bicyclic) bond motifs is 1. The number of hydrogen-bond acceptors (Lipinski definition) is 4. The lowest BCUT2D eigenvalue weighted by atomic mass is 10.1. The van der Waals surface area contributed by atoms with E-state index in [0.29, 0.717) is 11.3 Å². The van der Waals surface area contributed by atoms with Gasteiger partial charge in [-0.05, 0) is 31.2 Å². The normalized spacial score (nSPS) is 13.6. The average molecular weight is 266 g/mol. The highest BCUT2D eigenvalue weighted by Crippen LogP contribution is 2.29. The van der Waals surface area contributed by atoms with Gasteiger partial charge >= 0.3 is 0 Å². The molecule has 5 nitrogen and oxygen atoms in total. The van der Waals surface area contributed by atoms with Gasteiger partial charge in [0.15, 0.2) is 5.78 Å². The van der Waals surface area contributed by atoms with Gasteiger partial charge < -0.3 is 0 Å². The molecule has 0 bridgehead atoms. The topological polar surface area (TPSA) is 67.3 Å². The first-order valence-corrected chi connectivity index (χ1v) is 6.05. The van der Waals surface area contributed by atoms with Crippen LogP contribution in [0.5, 0.6) is 0 Å². The third kappa shape index (κ3) is 1.64. The van der Waals surface area contributed by atoms with E-state index in [9.17, 15) is 14.4 Å². The highest BCUT2D eigenvalue weighted by atomic mass is 16.2. The lowest BCUT2D eigenvalue weighted by Gasteiger charge is -2.16. The summed E-state index contributed by atoms with van der Waals surface area (Å²) in [5, 5.41) is 0. The summed E-state index contributed by atoms with van der Waals surface area (Å²) in [6.45, 7) is 1.40. The Morgan fingerprint density at radius 3 is 2.50 bits per heavy atom. The van der Waals surface area contributed by atoms with Gasteiger partial charge in [-0.15, -0.1) is 0 Å². The van der Waals surface area contributed by atoms with Crippen LogP contribution in [-0.4, -0.2) is 22.6 Å². The summed E-state index contributed by atoms with van der Waals surface area (Å²) in [4.78, 5) is 41.2. The van der Waals surface area contributed by atoms with E-state index in [0.717, 1.165) is 4.90 Å². The summed E-state index contributed by atoms with van der Waals surface area (Å²) in [7, 11) is 0. The fraction of sp³-hybridized carbons (Fsp3) is 0.0667. The molecule has 5 heteroatoms. The van der Waals surface area contributed by atoms with Crippen molar-refractivity contribution in [2.24, 2.45) is 0 Å². The molecule has 0 N–H and O–H groups in total. The van der Waals surface area contributed by atoms with Gasteiger partial charge in [-0.2, -0.15) is 0 Å². The van der Waals surface area contributed by atoms with Crippen LogP contribution >= 0.6 is 0 Å². The van der Waals surface area contributed by atoms with Gasteiger partial charge in [0.1, 0.15) is 5.69 Å². The zero-order chi connectivity index (χ0) is 14.3. The molecule has 0 fully saturated rings. The molecular formula is C15H10N2O3. The molecule has 1 aromatic heterocycles. The number of carbonyl (C=O) groups is 3. The van der Waals surface area contributed by atoms with E-state index < -0.39 is 11.8 Å². The second-order valence-electron chi connectivity index (χ2n) is 4.42. The first-order valence-electron chi connectivity index (χ1n) is 6.05. The lowest BCUT2D eigenvalue weighted by Crippen LogP contribution is -2.30. The second kappa shape index (κ2) is 4.38. The molecule has 0 unspecified atom stereocenters. The van der Waals surface area contributed by atoms with Gasteiger partial charge in [0, 0.05) is 11.8 Å². The Morgan fingerprint density at radius 2 is 1.80 bits per heavy atom. The molecule has 0 aliphatic carbocycles. The molecule has 2 aromatic rings. The van der Waals surface area contributed by atoms with E-state index in [1.54, 1.807) is 36.4 Å². The van der Waals surface area contributed by atoms with Crippen LogP contribution in [0.4, 0.5) is 5.69 Å². The number of carbonyl (C=O) groups excluding carboxylic acids is 3. The Hall–Kier alpha value is -2.82. The maximum atomic E-state index is 12.3. The first-order chi connectivity index (χ1) is 9.61. The zero-order valence-corrected chi connectivity index (χ0v) is 10.7. The van der Waals surface area contributed by atoms with E-state index >= 15 is 0 Å². The molecule has 0 saturated heterocycles. The Balaban J connectivity index is 2.17. The van der Waals surface area contributed by atoms with Gasteiger partial charge in [0.2, 0.25) is 0 Å². The van der Waals surface area contributed by atoms with Crippen molar-refractivity contribution < 1.29 is 14.4 Å². The van der Waals surface area contributed by atoms with E-state index in [4.69, 9.17) is 0 Å². The maximum absolute atomic E-state index is 12.3. The van der Waals surface area contributed by atoms with Crippen LogP contribution in [0.25, 0.3) is 0 Å². The summed E-state index contributed by atoms with van der Waals surface area (Å²) in [5.41, 5.74) is 1.02. The van der Waals surface area contributed by atoms with Crippen molar-refractivity contribution in [3.05, 3.63) is 59.4 Å². The van der Waals surface area contributed by atoms with Gasteiger partial charge in [0.25, 0.3) is 11.8 Å². The number of rotatable bonds is 2. The molecule has 0 atom stereocenters. The van der Waals surface area contributed by atoms with Crippen molar-refractivity contribution >= 4 is 23.3 Å². The van der Waals surface area contributed by atoms with Crippen molar-refractivity contribution in [3.8, 4) is 0 Å². The van der Waals surface area contributed by atoms with Crippen LogP contribution in [0.1, 0.15) is 38.1 Å². The van der Waals surface area contributed by atoms with Crippen molar-refractivity contribution in [1.29, 1.82) is 0 Å². The number of amides is 2. The summed E-state index contributed by atoms with van der Waals surface area (Å²) in [6.07, 6.45) is 1.46. The minimum atomic E-state index is -0.501. The van der Waals surface area contributed by atoms with E-state index in [1.165, 1.54) is 13.1 Å².